The Kier molecular flexibility index (Phi) is 4.35. The summed E-state index contributed by atoms with van der Waals surface area (Å²) < 4.78 is 15.3. The van der Waals surface area contributed by atoms with Gasteiger partial charge in [0, 0.05) is 6.42 Å². The van der Waals surface area contributed by atoms with Crippen molar-refractivity contribution in [3.63, 3.8) is 0 Å². The Balaban J connectivity index is 1.82. The van der Waals surface area contributed by atoms with Crippen LogP contribution in [0.1, 0.15) is 34.7 Å². The van der Waals surface area contributed by atoms with Crippen molar-refractivity contribution in [1.29, 1.82) is 0 Å². The Morgan fingerprint density at radius 3 is 2.95 bits per heavy atom. The van der Waals surface area contributed by atoms with Crippen LogP contribution in [-0.2, 0) is 24.2 Å². The van der Waals surface area contributed by atoms with Crippen molar-refractivity contribution in [3.05, 3.63) is 41.5 Å². The summed E-state index contributed by atoms with van der Waals surface area (Å²) in [7, 11) is 1.33. The maximum atomic E-state index is 11.2. The lowest BCUT2D eigenvalue weighted by Crippen LogP contribution is -2.12. The van der Waals surface area contributed by atoms with Crippen LogP contribution in [0.4, 0.5) is 0 Å². The number of aryl methyl sites for hydroxylation is 1. The largest absolute Gasteiger partial charge is 0.467 e. The molecule has 102 valence electrons. The fourth-order valence-electron chi connectivity index (χ4n) is 1.58. The summed E-state index contributed by atoms with van der Waals surface area (Å²) in [6, 6.07) is 1.64. The van der Waals surface area contributed by atoms with Crippen molar-refractivity contribution in [2.45, 2.75) is 26.4 Å². The van der Waals surface area contributed by atoms with Gasteiger partial charge in [-0.2, -0.15) is 0 Å². The van der Waals surface area contributed by atoms with Crippen LogP contribution in [0.3, 0.4) is 0 Å². The molecule has 2 rings (SSSR count). The third-order valence-corrected chi connectivity index (χ3v) is 2.60. The van der Waals surface area contributed by atoms with E-state index in [1.807, 2.05) is 6.92 Å². The minimum atomic E-state index is -0.407. The second-order valence-corrected chi connectivity index (χ2v) is 3.97. The molecule has 1 N–H and O–H groups in total. The topological polar surface area (TPSA) is 77.5 Å². The fourth-order valence-corrected chi connectivity index (χ4v) is 1.58. The summed E-state index contributed by atoms with van der Waals surface area (Å²) in [5.41, 5.74) is 0.406. The third-order valence-electron chi connectivity index (χ3n) is 2.60. The number of methoxy groups -OCH3 is 1. The molecule has 0 aliphatic rings. The molecule has 0 aliphatic carbocycles. The average molecular weight is 264 g/mol. The fraction of sp³-hybridized carbons (Fsp3) is 0.385. The van der Waals surface area contributed by atoms with Gasteiger partial charge in [-0.3, -0.25) is 0 Å². The van der Waals surface area contributed by atoms with Gasteiger partial charge in [-0.05, 0) is 6.07 Å². The Bertz CT molecular complexity index is 544. The molecule has 0 fully saturated rings. The monoisotopic (exact) mass is 264 g/mol. The summed E-state index contributed by atoms with van der Waals surface area (Å²) in [4.78, 5) is 15.4. The maximum absolute atomic E-state index is 11.2. The van der Waals surface area contributed by atoms with Crippen molar-refractivity contribution < 1.29 is 18.4 Å². The molecule has 0 saturated carbocycles. The lowest BCUT2D eigenvalue weighted by atomic mass is 10.3. The highest BCUT2D eigenvalue weighted by Gasteiger charge is 2.10. The number of rotatable bonds is 6. The van der Waals surface area contributed by atoms with E-state index in [-0.39, 0.29) is 0 Å². The third kappa shape index (κ3) is 3.45. The van der Waals surface area contributed by atoms with Crippen LogP contribution in [-0.4, -0.2) is 18.1 Å². The lowest BCUT2D eigenvalue weighted by molar-refractivity contribution is 0.0600. The predicted molar refractivity (Wildman–Crippen MR) is 66.5 cm³/mol. The predicted octanol–water partition coefficient (Wildman–Crippen LogP) is 1.91. The van der Waals surface area contributed by atoms with E-state index in [2.05, 4.69) is 15.0 Å². The minimum absolute atomic E-state index is 0.406. The van der Waals surface area contributed by atoms with Gasteiger partial charge >= 0.3 is 5.97 Å². The number of nitrogens with one attached hydrogen (secondary N) is 1. The highest BCUT2D eigenvalue weighted by molar-refractivity contribution is 5.88. The standard InChI is InChI=1S/C13H16N2O4/c1-3-10-6-15-12(19-10)7-14-5-11-4-9(8-18-11)13(16)17-2/h4,6,8,14H,3,5,7H2,1-2H3. The SMILES string of the molecule is CCc1cnc(CNCc2cc(C(=O)OC)co2)o1. The Morgan fingerprint density at radius 2 is 2.26 bits per heavy atom. The molecule has 2 aromatic heterocycles. The molecule has 0 aliphatic heterocycles. The van der Waals surface area contributed by atoms with E-state index < -0.39 is 5.97 Å². The quantitative estimate of drug-likeness (QED) is 0.803. The molecule has 19 heavy (non-hydrogen) atoms. The van der Waals surface area contributed by atoms with Gasteiger partial charge in [-0.1, -0.05) is 6.92 Å². The first-order valence-electron chi connectivity index (χ1n) is 6.03. The van der Waals surface area contributed by atoms with Crippen LogP contribution < -0.4 is 5.32 Å². The summed E-state index contributed by atoms with van der Waals surface area (Å²) in [6.07, 6.45) is 3.93. The van der Waals surface area contributed by atoms with Crippen molar-refractivity contribution in [1.82, 2.24) is 10.3 Å². The van der Waals surface area contributed by atoms with Gasteiger partial charge in [-0.25, -0.2) is 9.78 Å². The summed E-state index contributed by atoms with van der Waals surface area (Å²) >= 11 is 0. The first-order chi connectivity index (χ1) is 9.22. The van der Waals surface area contributed by atoms with E-state index in [0.717, 1.165) is 12.2 Å². The zero-order valence-corrected chi connectivity index (χ0v) is 10.9. The van der Waals surface area contributed by atoms with Crippen LogP contribution in [0.15, 0.2) is 27.4 Å². The smallest absolute Gasteiger partial charge is 0.341 e. The molecule has 2 heterocycles. The molecule has 2 aromatic rings. The van der Waals surface area contributed by atoms with Gasteiger partial charge in [0.2, 0.25) is 5.89 Å². The summed E-state index contributed by atoms with van der Waals surface area (Å²) in [5.74, 6) is 1.75. The van der Waals surface area contributed by atoms with Crippen molar-refractivity contribution in [2.75, 3.05) is 7.11 Å². The van der Waals surface area contributed by atoms with Crippen molar-refractivity contribution in [3.8, 4) is 0 Å². The van der Waals surface area contributed by atoms with E-state index in [1.165, 1.54) is 13.4 Å². The molecule has 0 amide bonds. The van der Waals surface area contributed by atoms with Gasteiger partial charge in [-0.15, -0.1) is 0 Å². The molecule has 0 radical (unpaired) electrons. The van der Waals surface area contributed by atoms with Crippen LogP contribution in [0.5, 0.6) is 0 Å². The van der Waals surface area contributed by atoms with Crippen LogP contribution >= 0.6 is 0 Å². The maximum Gasteiger partial charge on any atom is 0.341 e. The van der Waals surface area contributed by atoms with E-state index in [9.17, 15) is 4.79 Å². The van der Waals surface area contributed by atoms with Gasteiger partial charge < -0.3 is 18.9 Å². The molecule has 6 heteroatoms. The highest BCUT2D eigenvalue weighted by Crippen LogP contribution is 2.09. The van der Waals surface area contributed by atoms with E-state index in [4.69, 9.17) is 8.83 Å². The zero-order chi connectivity index (χ0) is 13.7. The number of ether oxygens (including phenoxy) is 1. The van der Waals surface area contributed by atoms with Gasteiger partial charge in [0.25, 0.3) is 0 Å². The van der Waals surface area contributed by atoms with Gasteiger partial charge in [0.1, 0.15) is 17.8 Å². The average Bonchev–Trinajstić information content (AvgIpc) is 3.07. The Hall–Kier alpha value is -2.08. The van der Waals surface area contributed by atoms with E-state index in [0.29, 0.717) is 30.3 Å². The Labute approximate surface area is 110 Å². The van der Waals surface area contributed by atoms with Crippen molar-refractivity contribution >= 4 is 5.97 Å². The number of hydrogen-bond acceptors (Lipinski definition) is 6. The first-order valence-corrected chi connectivity index (χ1v) is 6.03. The highest BCUT2D eigenvalue weighted by atomic mass is 16.5. The molecule has 0 aromatic carbocycles. The van der Waals surface area contributed by atoms with Crippen LogP contribution in [0.2, 0.25) is 0 Å². The number of nitrogens with zero attached hydrogens (tertiary/aromatic N) is 1. The van der Waals surface area contributed by atoms with Gasteiger partial charge in [0.05, 0.1) is 32.0 Å². The molecular formula is C13H16N2O4. The first kappa shape index (κ1) is 13.4. The number of carbonyl (C=O) groups is 1. The second-order valence-electron chi connectivity index (χ2n) is 3.97. The number of carbonyl (C=O) groups excluding carboxylic acids is 1. The summed E-state index contributed by atoms with van der Waals surface area (Å²) in [5, 5.41) is 3.12. The van der Waals surface area contributed by atoms with Crippen molar-refractivity contribution in [2.24, 2.45) is 0 Å². The summed E-state index contributed by atoms with van der Waals surface area (Å²) in [6.45, 7) is 3.00. The van der Waals surface area contributed by atoms with Gasteiger partial charge in [0.15, 0.2) is 0 Å². The normalized spacial score (nSPS) is 10.6. The number of oxazole rings is 1. The number of aromatic nitrogens is 1. The molecule has 0 bridgehead atoms. The number of hydrogen-bond donors (Lipinski definition) is 1. The number of esters is 1. The van der Waals surface area contributed by atoms with Crippen LogP contribution in [0.25, 0.3) is 0 Å². The number of furan rings is 1. The Morgan fingerprint density at radius 1 is 1.42 bits per heavy atom. The minimum Gasteiger partial charge on any atom is -0.467 e. The molecule has 0 unspecified atom stereocenters. The zero-order valence-electron chi connectivity index (χ0n) is 10.9. The molecule has 6 nitrogen and oxygen atoms in total. The molecule has 0 spiro atoms. The van der Waals surface area contributed by atoms with Crippen LogP contribution in [0, 0.1) is 0 Å². The van der Waals surface area contributed by atoms with E-state index in [1.54, 1.807) is 12.3 Å². The molecular weight excluding hydrogens is 248 g/mol. The lowest BCUT2D eigenvalue weighted by Gasteiger charge is -1.98. The second kappa shape index (κ2) is 6.19. The van der Waals surface area contributed by atoms with E-state index >= 15 is 0 Å². The molecule has 0 saturated heterocycles. The molecule has 0 atom stereocenters.